The molecule has 0 aliphatic carbocycles. The van der Waals surface area contributed by atoms with Crippen molar-refractivity contribution < 1.29 is 0 Å². The van der Waals surface area contributed by atoms with Crippen LogP contribution in [0.2, 0.25) is 0 Å². The van der Waals surface area contributed by atoms with Crippen molar-refractivity contribution in [2.75, 3.05) is 11.9 Å². The molecule has 0 aromatic carbocycles. The minimum atomic E-state index is 0.0298. The minimum absolute atomic E-state index is 0.0298. The number of rotatable bonds is 5. The molecule has 1 rings (SSSR count). The molecule has 3 N–H and O–H groups in total. The number of nitrogens with one attached hydrogen (secondary N) is 1. The van der Waals surface area contributed by atoms with Crippen LogP contribution in [0.1, 0.15) is 32.4 Å². The summed E-state index contributed by atoms with van der Waals surface area (Å²) in [4.78, 5) is 4.49. The molecule has 0 saturated carbocycles. The Labute approximate surface area is 106 Å². The van der Waals surface area contributed by atoms with Gasteiger partial charge in [0.05, 0.1) is 5.69 Å². The fourth-order valence-corrected chi connectivity index (χ4v) is 1.79. The molecule has 0 aliphatic rings. The second-order valence-corrected chi connectivity index (χ2v) is 5.20. The zero-order valence-electron chi connectivity index (χ0n) is 10.2. The summed E-state index contributed by atoms with van der Waals surface area (Å²) in [5.74, 6) is 0.915. The van der Waals surface area contributed by atoms with Gasteiger partial charge in [0.1, 0.15) is 5.82 Å². The molecule has 90 valence electrons. The highest BCUT2D eigenvalue weighted by Crippen LogP contribution is 2.22. The molecule has 0 spiro atoms. The van der Waals surface area contributed by atoms with Gasteiger partial charge < -0.3 is 11.1 Å². The Morgan fingerprint density at radius 1 is 1.50 bits per heavy atom. The Morgan fingerprint density at radius 2 is 2.19 bits per heavy atom. The maximum Gasteiger partial charge on any atom is 0.126 e. The van der Waals surface area contributed by atoms with E-state index in [1.165, 1.54) is 0 Å². The van der Waals surface area contributed by atoms with Crippen molar-refractivity contribution in [3.63, 3.8) is 0 Å². The van der Waals surface area contributed by atoms with Crippen molar-refractivity contribution in [3.05, 3.63) is 22.3 Å². The Morgan fingerprint density at radius 3 is 2.69 bits per heavy atom. The maximum atomic E-state index is 5.63. The summed E-state index contributed by atoms with van der Waals surface area (Å²) in [6.07, 6.45) is 1.97. The van der Waals surface area contributed by atoms with E-state index in [0.717, 1.165) is 28.8 Å². The lowest BCUT2D eigenvalue weighted by Crippen LogP contribution is -2.36. The molecule has 0 radical (unpaired) electrons. The van der Waals surface area contributed by atoms with Gasteiger partial charge in [-0.25, -0.2) is 4.98 Å². The number of pyridine rings is 1. The van der Waals surface area contributed by atoms with Crippen LogP contribution in [0, 0.1) is 6.92 Å². The van der Waals surface area contributed by atoms with Gasteiger partial charge in [-0.2, -0.15) is 0 Å². The van der Waals surface area contributed by atoms with Crippen LogP contribution in [0.4, 0.5) is 5.82 Å². The van der Waals surface area contributed by atoms with Gasteiger partial charge in [0, 0.05) is 10.0 Å². The van der Waals surface area contributed by atoms with E-state index in [-0.39, 0.29) is 5.54 Å². The number of anilines is 1. The van der Waals surface area contributed by atoms with E-state index in [1.54, 1.807) is 0 Å². The Kier molecular flexibility index (Phi) is 4.74. The Balaban J connectivity index is 2.81. The molecule has 0 amide bonds. The van der Waals surface area contributed by atoms with Gasteiger partial charge in [-0.15, -0.1) is 0 Å². The van der Waals surface area contributed by atoms with Crippen LogP contribution in [-0.2, 0) is 0 Å². The van der Waals surface area contributed by atoms with Gasteiger partial charge in [0.15, 0.2) is 0 Å². The quantitative estimate of drug-likeness (QED) is 0.874. The summed E-state index contributed by atoms with van der Waals surface area (Å²) in [7, 11) is 0. The van der Waals surface area contributed by atoms with Crippen molar-refractivity contribution in [1.29, 1.82) is 0 Å². The summed E-state index contributed by atoms with van der Waals surface area (Å²) in [5.41, 5.74) is 6.66. The third-order valence-corrected chi connectivity index (χ3v) is 3.77. The van der Waals surface area contributed by atoms with Crippen LogP contribution in [-0.4, -0.2) is 17.1 Å². The molecule has 0 bridgehead atoms. The predicted octanol–water partition coefficient (Wildman–Crippen LogP) is 3.08. The van der Waals surface area contributed by atoms with Gasteiger partial charge in [0.25, 0.3) is 0 Å². The number of halogens is 1. The Hall–Kier alpha value is -0.610. The van der Waals surface area contributed by atoms with Crippen molar-refractivity contribution in [3.8, 4) is 0 Å². The van der Waals surface area contributed by atoms with Crippen LogP contribution < -0.4 is 11.1 Å². The first-order chi connectivity index (χ1) is 7.50. The molecule has 1 atom stereocenters. The van der Waals surface area contributed by atoms with E-state index >= 15 is 0 Å². The number of nitrogens with zero attached hydrogens (tertiary/aromatic N) is 1. The van der Waals surface area contributed by atoms with E-state index in [4.69, 9.17) is 5.73 Å². The highest BCUT2D eigenvalue weighted by Gasteiger charge is 2.21. The number of aryl methyl sites for hydroxylation is 1. The molecule has 0 aliphatic heterocycles. The number of hydrogen-bond acceptors (Lipinski definition) is 3. The summed E-state index contributed by atoms with van der Waals surface area (Å²) >= 11 is 3.45. The molecule has 1 aromatic heterocycles. The second-order valence-electron chi connectivity index (χ2n) is 4.34. The third-order valence-electron chi connectivity index (χ3n) is 2.93. The van der Waals surface area contributed by atoms with Gasteiger partial charge in [-0.1, -0.05) is 6.92 Å². The van der Waals surface area contributed by atoms with Gasteiger partial charge in [-0.05, 0) is 61.3 Å². The fourth-order valence-electron chi connectivity index (χ4n) is 1.57. The van der Waals surface area contributed by atoms with Crippen LogP contribution >= 0.6 is 15.9 Å². The maximum absolute atomic E-state index is 5.63. The molecular formula is C12H20BrN3. The lowest BCUT2D eigenvalue weighted by atomic mass is 9.94. The first-order valence-electron chi connectivity index (χ1n) is 5.62. The highest BCUT2D eigenvalue weighted by molar-refractivity contribution is 9.10. The molecular weight excluding hydrogens is 266 g/mol. The normalized spacial score (nSPS) is 14.6. The molecule has 1 aromatic rings. The Bertz CT molecular complexity index is 354. The lowest BCUT2D eigenvalue weighted by Gasteiger charge is -2.30. The van der Waals surface area contributed by atoms with E-state index < -0.39 is 0 Å². The van der Waals surface area contributed by atoms with E-state index in [0.29, 0.717) is 6.54 Å². The number of hydrogen-bond donors (Lipinski definition) is 2. The first kappa shape index (κ1) is 13.5. The second kappa shape index (κ2) is 5.64. The number of nitrogens with two attached hydrogens (primary N) is 1. The van der Waals surface area contributed by atoms with Gasteiger partial charge >= 0.3 is 0 Å². The number of aromatic nitrogens is 1. The molecule has 1 unspecified atom stereocenters. The summed E-state index contributed by atoms with van der Waals surface area (Å²) < 4.78 is 1.04. The van der Waals surface area contributed by atoms with Crippen LogP contribution in [0.5, 0.6) is 0 Å². The summed E-state index contributed by atoms with van der Waals surface area (Å²) in [5, 5.41) is 3.46. The highest BCUT2D eigenvalue weighted by atomic mass is 79.9. The fraction of sp³-hybridized carbons (Fsp3) is 0.583. The third kappa shape index (κ3) is 3.46. The van der Waals surface area contributed by atoms with Crippen molar-refractivity contribution in [2.24, 2.45) is 5.73 Å². The topological polar surface area (TPSA) is 50.9 Å². The molecule has 4 heteroatoms. The average Bonchev–Trinajstić information content (AvgIpc) is 2.24. The smallest absolute Gasteiger partial charge is 0.126 e. The van der Waals surface area contributed by atoms with Crippen molar-refractivity contribution in [1.82, 2.24) is 4.98 Å². The molecule has 3 nitrogen and oxygen atoms in total. The standard InChI is InChI=1S/C12H20BrN3/c1-4-12(3,7-8-14)16-11-6-5-10(13)9(2)15-11/h5-6H,4,7-8,14H2,1-3H3,(H,15,16). The van der Waals surface area contributed by atoms with E-state index in [2.05, 4.69) is 40.1 Å². The van der Waals surface area contributed by atoms with Gasteiger partial charge in [0.2, 0.25) is 0 Å². The minimum Gasteiger partial charge on any atom is -0.365 e. The zero-order valence-corrected chi connectivity index (χ0v) is 11.8. The van der Waals surface area contributed by atoms with Gasteiger partial charge in [-0.3, -0.25) is 0 Å². The van der Waals surface area contributed by atoms with Crippen molar-refractivity contribution in [2.45, 2.75) is 39.2 Å². The van der Waals surface area contributed by atoms with Crippen LogP contribution in [0.15, 0.2) is 16.6 Å². The average molecular weight is 286 g/mol. The van der Waals surface area contributed by atoms with Crippen LogP contribution in [0.3, 0.4) is 0 Å². The lowest BCUT2D eigenvalue weighted by molar-refractivity contribution is 0.462. The molecule has 0 saturated heterocycles. The predicted molar refractivity (Wildman–Crippen MR) is 72.7 cm³/mol. The largest absolute Gasteiger partial charge is 0.365 e. The van der Waals surface area contributed by atoms with Crippen molar-refractivity contribution >= 4 is 21.7 Å². The molecule has 1 heterocycles. The van der Waals surface area contributed by atoms with E-state index in [9.17, 15) is 0 Å². The monoisotopic (exact) mass is 285 g/mol. The molecule has 16 heavy (non-hydrogen) atoms. The van der Waals surface area contributed by atoms with Crippen LogP contribution in [0.25, 0.3) is 0 Å². The zero-order chi connectivity index (χ0) is 12.2. The first-order valence-corrected chi connectivity index (χ1v) is 6.41. The summed E-state index contributed by atoms with van der Waals surface area (Å²) in [6.45, 7) is 7.02. The van der Waals surface area contributed by atoms with E-state index in [1.807, 2.05) is 19.1 Å². The SMILES string of the molecule is CCC(C)(CCN)Nc1ccc(Br)c(C)n1. The summed E-state index contributed by atoms with van der Waals surface area (Å²) in [6, 6.07) is 4.00. The molecule has 0 fully saturated rings.